The second-order valence-corrected chi connectivity index (χ2v) is 5.60. The number of hydrogen-bond donors (Lipinski definition) is 1. The molecule has 3 rings (SSSR count). The first kappa shape index (κ1) is 17.3. The lowest BCUT2D eigenvalue weighted by Crippen LogP contribution is -2.15. The maximum Gasteiger partial charge on any atom is 0.416 e. The van der Waals surface area contributed by atoms with Crippen LogP contribution in [0.15, 0.2) is 41.2 Å². The Labute approximate surface area is 147 Å². The van der Waals surface area contributed by atoms with Gasteiger partial charge in [0.1, 0.15) is 5.75 Å². The fraction of sp³-hybridized carbons (Fsp3) is 0.0714. The quantitative estimate of drug-likeness (QED) is 0.731. The molecule has 0 unspecified atom stereocenters. The van der Waals surface area contributed by atoms with Crippen molar-refractivity contribution in [3.63, 3.8) is 0 Å². The summed E-state index contributed by atoms with van der Waals surface area (Å²) in [5.74, 6) is 0.145. The number of halogens is 5. The van der Waals surface area contributed by atoms with E-state index in [0.29, 0.717) is 5.69 Å². The van der Waals surface area contributed by atoms with Gasteiger partial charge in [0.25, 0.3) is 0 Å². The van der Waals surface area contributed by atoms with E-state index < -0.39 is 17.4 Å². The highest BCUT2D eigenvalue weighted by Gasteiger charge is 2.32. The zero-order valence-corrected chi connectivity index (χ0v) is 13.5. The van der Waals surface area contributed by atoms with Crippen molar-refractivity contribution in [1.29, 1.82) is 0 Å². The third-order valence-electron chi connectivity index (χ3n) is 3.10. The largest absolute Gasteiger partial charge is 0.454 e. The minimum Gasteiger partial charge on any atom is -0.454 e. The minimum absolute atomic E-state index is 0.109. The molecule has 0 radical (unpaired) electrons. The van der Waals surface area contributed by atoms with Gasteiger partial charge in [0.2, 0.25) is 0 Å². The average molecular weight is 391 g/mol. The van der Waals surface area contributed by atoms with Crippen LogP contribution in [0, 0.1) is 0 Å². The highest BCUT2D eigenvalue weighted by Crippen LogP contribution is 2.41. The molecule has 0 aliphatic rings. The van der Waals surface area contributed by atoms with Gasteiger partial charge >= 0.3 is 11.9 Å². The molecule has 0 aliphatic heterocycles. The number of alkyl halides is 3. The molecule has 1 aromatic heterocycles. The molecule has 0 amide bonds. The molecular formula is C14H7Cl2F3N4O2. The maximum absolute atomic E-state index is 12.7. The van der Waals surface area contributed by atoms with Crippen molar-refractivity contribution in [2.24, 2.45) is 0 Å². The normalized spacial score (nSPS) is 11.6. The van der Waals surface area contributed by atoms with Crippen LogP contribution >= 0.6 is 23.2 Å². The average Bonchev–Trinajstić information content (AvgIpc) is 2.96. The molecule has 1 heterocycles. The Hall–Kier alpha value is -2.52. The Morgan fingerprint density at radius 2 is 1.68 bits per heavy atom. The monoisotopic (exact) mass is 390 g/mol. The second kappa shape index (κ2) is 6.41. The Kier molecular flexibility index (Phi) is 4.44. The highest BCUT2D eigenvalue weighted by molar-refractivity contribution is 6.37. The van der Waals surface area contributed by atoms with Crippen molar-refractivity contribution in [3.8, 4) is 17.2 Å². The van der Waals surface area contributed by atoms with Crippen molar-refractivity contribution in [3.05, 3.63) is 62.5 Å². The molecule has 0 bridgehead atoms. The van der Waals surface area contributed by atoms with Crippen LogP contribution in [-0.2, 0) is 6.18 Å². The number of nitrogens with one attached hydrogen (secondary N) is 1. The minimum atomic E-state index is -4.57. The Morgan fingerprint density at radius 1 is 1.08 bits per heavy atom. The number of ether oxygens (including phenoxy) is 1. The van der Waals surface area contributed by atoms with E-state index in [9.17, 15) is 18.0 Å². The number of nitrogens with zero attached hydrogens (tertiary/aromatic N) is 3. The van der Waals surface area contributed by atoms with E-state index in [-0.39, 0.29) is 21.5 Å². The zero-order chi connectivity index (χ0) is 18.2. The number of rotatable bonds is 3. The molecule has 0 saturated carbocycles. The summed E-state index contributed by atoms with van der Waals surface area (Å²) in [5, 5.41) is 8.51. The van der Waals surface area contributed by atoms with Gasteiger partial charge in [-0.05, 0) is 46.8 Å². The van der Waals surface area contributed by atoms with E-state index in [2.05, 4.69) is 15.5 Å². The predicted octanol–water partition coefficient (Wildman–Crippen LogP) is 4.07. The van der Waals surface area contributed by atoms with Gasteiger partial charge in [-0.2, -0.15) is 17.9 Å². The van der Waals surface area contributed by atoms with Crippen LogP contribution in [0.2, 0.25) is 10.0 Å². The van der Waals surface area contributed by atoms with E-state index in [1.54, 1.807) is 0 Å². The van der Waals surface area contributed by atoms with E-state index in [1.165, 1.54) is 24.3 Å². The first-order valence-corrected chi connectivity index (χ1v) is 7.36. The maximum atomic E-state index is 12.7. The summed E-state index contributed by atoms with van der Waals surface area (Å²) in [6.07, 6.45) is -4.57. The fourth-order valence-corrected chi connectivity index (χ4v) is 2.53. The van der Waals surface area contributed by atoms with Crippen LogP contribution in [0.5, 0.6) is 11.5 Å². The third-order valence-corrected chi connectivity index (χ3v) is 3.66. The van der Waals surface area contributed by atoms with Gasteiger partial charge in [-0.15, -0.1) is 0 Å². The zero-order valence-electron chi connectivity index (χ0n) is 12.0. The van der Waals surface area contributed by atoms with Crippen molar-refractivity contribution in [1.82, 2.24) is 20.2 Å². The number of benzene rings is 2. The first-order chi connectivity index (χ1) is 11.8. The summed E-state index contributed by atoms with van der Waals surface area (Å²) in [7, 11) is 0. The first-order valence-electron chi connectivity index (χ1n) is 6.60. The molecule has 0 aliphatic carbocycles. The topological polar surface area (TPSA) is 72.8 Å². The molecule has 130 valence electrons. The summed E-state index contributed by atoms with van der Waals surface area (Å²) in [5.41, 5.74) is -1.09. The molecule has 3 aromatic rings. The van der Waals surface area contributed by atoms with Crippen molar-refractivity contribution < 1.29 is 17.9 Å². The van der Waals surface area contributed by atoms with Gasteiger partial charge in [-0.1, -0.05) is 23.2 Å². The molecule has 2 aromatic carbocycles. The molecule has 1 N–H and O–H groups in total. The van der Waals surface area contributed by atoms with Crippen molar-refractivity contribution in [2.45, 2.75) is 6.18 Å². The molecule has 0 saturated heterocycles. The predicted molar refractivity (Wildman–Crippen MR) is 83.5 cm³/mol. The smallest absolute Gasteiger partial charge is 0.416 e. The number of tetrazole rings is 1. The Morgan fingerprint density at radius 3 is 2.16 bits per heavy atom. The van der Waals surface area contributed by atoms with Crippen molar-refractivity contribution >= 4 is 23.2 Å². The lowest BCUT2D eigenvalue weighted by molar-refractivity contribution is -0.137. The fourth-order valence-electron chi connectivity index (χ4n) is 1.96. The molecule has 0 atom stereocenters. The van der Waals surface area contributed by atoms with Gasteiger partial charge in [-0.25, -0.2) is 9.89 Å². The Balaban J connectivity index is 1.88. The summed E-state index contributed by atoms with van der Waals surface area (Å²) >= 11 is 11.7. The van der Waals surface area contributed by atoms with Gasteiger partial charge in [-0.3, -0.25) is 0 Å². The van der Waals surface area contributed by atoms with E-state index in [4.69, 9.17) is 27.9 Å². The number of aromatic nitrogens is 4. The Bertz CT molecular complexity index is 944. The molecule has 11 heteroatoms. The molecule has 0 fully saturated rings. The summed E-state index contributed by atoms with van der Waals surface area (Å²) in [6, 6.07) is 7.41. The van der Waals surface area contributed by atoms with E-state index in [1.807, 2.05) is 0 Å². The third kappa shape index (κ3) is 3.62. The molecular weight excluding hydrogens is 384 g/mol. The number of hydrogen-bond acceptors (Lipinski definition) is 4. The van der Waals surface area contributed by atoms with Crippen LogP contribution in [-0.4, -0.2) is 20.2 Å². The standard InChI is InChI=1S/C14H7Cl2F3N4O2/c15-10-5-7(14(17,18)19)6-11(16)12(10)25-9-3-1-8(2-4-9)23-13(24)20-21-22-23/h1-6H,(H,20,22,24). The number of aromatic amines is 1. The van der Waals surface area contributed by atoms with Crippen LogP contribution < -0.4 is 10.4 Å². The number of H-pyrrole nitrogens is 1. The summed E-state index contributed by atoms with van der Waals surface area (Å²) in [6.45, 7) is 0. The molecule has 25 heavy (non-hydrogen) atoms. The summed E-state index contributed by atoms with van der Waals surface area (Å²) < 4.78 is 44.6. The molecule has 0 spiro atoms. The van der Waals surface area contributed by atoms with E-state index >= 15 is 0 Å². The lowest BCUT2D eigenvalue weighted by atomic mass is 10.2. The summed E-state index contributed by atoms with van der Waals surface area (Å²) in [4.78, 5) is 11.4. The van der Waals surface area contributed by atoms with Gasteiger partial charge in [0, 0.05) is 0 Å². The van der Waals surface area contributed by atoms with Gasteiger partial charge in [0.05, 0.1) is 21.3 Å². The van der Waals surface area contributed by atoms with Crippen LogP contribution in [0.3, 0.4) is 0 Å². The molecule has 6 nitrogen and oxygen atoms in total. The van der Waals surface area contributed by atoms with Crippen LogP contribution in [0.4, 0.5) is 13.2 Å². The SMILES string of the molecule is O=c1[nH]nnn1-c1ccc(Oc2c(Cl)cc(C(F)(F)F)cc2Cl)cc1. The van der Waals surface area contributed by atoms with Crippen molar-refractivity contribution in [2.75, 3.05) is 0 Å². The van der Waals surface area contributed by atoms with Crippen LogP contribution in [0.25, 0.3) is 5.69 Å². The lowest BCUT2D eigenvalue weighted by Gasteiger charge is -2.13. The van der Waals surface area contributed by atoms with E-state index in [0.717, 1.165) is 16.8 Å². The van der Waals surface area contributed by atoms with Gasteiger partial charge in [0.15, 0.2) is 5.75 Å². The highest BCUT2D eigenvalue weighted by atomic mass is 35.5. The van der Waals surface area contributed by atoms with Gasteiger partial charge < -0.3 is 4.74 Å². The second-order valence-electron chi connectivity index (χ2n) is 4.78. The van der Waals surface area contributed by atoms with Crippen LogP contribution in [0.1, 0.15) is 5.56 Å².